The third kappa shape index (κ3) is 5.43. The summed E-state index contributed by atoms with van der Waals surface area (Å²) in [5.74, 6) is -2.21. The number of carbonyl (C=O) groups is 4. The Morgan fingerprint density at radius 2 is 1.90 bits per heavy atom. The summed E-state index contributed by atoms with van der Waals surface area (Å²) in [6, 6.07) is 9.40. The highest BCUT2D eigenvalue weighted by Crippen LogP contribution is 2.51. The summed E-state index contributed by atoms with van der Waals surface area (Å²) in [7, 11) is 1.41. The van der Waals surface area contributed by atoms with Crippen molar-refractivity contribution in [3.8, 4) is 11.5 Å². The van der Waals surface area contributed by atoms with Crippen LogP contribution in [0.25, 0.3) is 0 Å². The summed E-state index contributed by atoms with van der Waals surface area (Å²) in [6.45, 7) is 3.20. The molecule has 0 spiro atoms. The molecule has 4 unspecified atom stereocenters. The molecule has 2 aromatic carbocycles. The van der Waals surface area contributed by atoms with E-state index in [2.05, 4.69) is 5.32 Å². The maximum atomic E-state index is 13.4. The minimum absolute atomic E-state index is 0.0115. The zero-order chi connectivity index (χ0) is 28.3. The molecule has 0 bridgehead atoms. The summed E-state index contributed by atoms with van der Waals surface area (Å²) in [5.41, 5.74) is 2.71. The van der Waals surface area contributed by atoms with Crippen molar-refractivity contribution < 1.29 is 38.9 Å². The predicted molar refractivity (Wildman–Crippen MR) is 141 cm³/mol. The molecule has 1 heterocycles. The summed E-state index contributed by atoms with van der Waals surface area (Å²) in [4.78, 5) is 52.1. The van der Waals surface area contributed by atoms with Crippen LogP contribution in [0.3, 0.4) is 0 Å². The number of amides is 2. The van der Waals surface area contributed by atoms with Crippen LogP contribution in [0.2, 0.25) is 0 Å². The molecule has 1 aliphatic heterocycles. The summed E-state index contributed by atoms with van der Waals surface area (Å²) in [5, 5.41) is 23.5. The molecule has 0 fully saturated rings. The lowest BCUT2D eigenvalue weighted by molar-refractivity contribution is -0.148. The maximum absolute atomic E-state index is 13.4. The third-order valence-corrected chi connectivity index (χ3v) is 7.06. The fourth-order valence-corrected chi connectivity index (χ4v) is 5.07. The number of Topliss-reactive ketones (excluding diaryl/α,β-unsaturated/α-hetero) is 1. The van der Waals surface area contributed by atoms with E-state index in [0.29, 0.717) is 17.4 Å². The molecule has 3 N–H and O–H groups in total. The van der Waals surface area contributed by atoms with Crippen LogP contribution in [0.15, 0.2) is 48.0 Å². The lowest BCUT2D eigenvalue weighted by Gasteiger charge is -2.40. The second kappa shape index (κ2) is 11.8. The van der Waals surface area contributed by atoms with Gasteiger partial charge < -0.3 is 29.9 Å². The van der Waals surface area contributed by atoms with Crippen LogP contribution in [0, 0.1) is 6.92 Å². The number of ketones is 1. The lowest BCUT2D eigenvalue weighted by atomic mass is 9.77. The Balaban J connectivity index is 1.84. The van der Waals surface area contributed by atoms with Crippen molar-refractivity contribution in [1.29, 1.82) is 0 Å². The molecule has 0 aromatic heterocycles. The number of ether oxygens (including phenoxy) is 2. The van der Waals surface area contributed by atoms with Crippen molar-refractivity contribution in [1.82, 2.24) is 10.2 Å². The molecule has 10 nitrogen and oxygen atoms in total. The number of nitrogens with one attached hydrogen (secondary N) is 1. The van der Waals surface area contributed by atoms with Crippen molar-refractivity contribution in [3.05, 3.63) is 70.3 Å². The van der Waals surface area contributed by atoms with E-state index in [-0.39, 0.29) is 43.2 Å². The number of nitrogens with zero attached hydrogens (tertiary/aromatic N) is 1. The van der Waals surface area contributed by atoms with Crippen LogP contribution < -0.4 is 14.8 Å². The molecule has 1 aliphatic carbocycles. The maximum Gasteiger partial charge on any atom is 0.290 e. The molecule has 4 rings (SSSR count). The van der Waals surface area contributed by atoms with E-state index < -0.39 is 41.8 Å². The Kier molecular flexibility index (Phi) is 8.47. The van der Waals surface area contributed by atoms with Crippen LogP contribution in [0.4, 0.5) is 0 Å². The monoisotopic (exact) mass is 536 g/mol. The second-order valence-electron chi connectivity index (χ2n) is 9.60. The van der Waals surface area contributed by atoms with Gasteiger partial charge in [-0.05, 0) is 30.7 Å². The normalized spacial score (nSPS) is 21.1. The number of aliphatic hydroxyl groups is 2. The number of fused-ring (bicyclic) bond motifs is 3. The van der Waals surface area contributed by atoms with Crippen molar-refractivity contribution in [3.63, 3.8) is 0 Å². The third-order valence-electron chi connectivity index (χ3n) is 7.06. The number of aliphatic hydroxyl groups excluding tert-OH is 2. The molecule has 2 aromatic rings. The summed E-state index contributed by atoms with van der Waals surface area (Å²) < 4.78 is 11.6. The highest BCUT2D eigenvalue weighted by atomic mass is 16.5. The van der Waals surface area contributed by atoms with E-state index in [1.54, 1.807) is 13.0 Å². The van der Waals surface area contributed by atoms with Crippen molar-refractivity contribution in [2.75, 3.05) is 20.3 Å². The molecule has 0 saturated carbocycles. The van der Waals surface area contributed by atoms with Gasteiger partial charge in [0.25, 0.3) is 5.91 Å². The number of hydrogen-bond acceptors (Lipinski definition) is 8. The summed E-state index contributed by atoms with van der Waals surface area (Å²) >= 11 is 0. The number of hydrogen-bond donors (Lipinski definition) is 3. The molecule has 206 valence electrons. The second-order valence-corrected chi connectivity index (χ2v) is 9.60. The molecule has 0 saturated heterocycles. The largest absolute Gasteiger partial charge is 0.493 e. The van der Waals surface area contributed by atoms with Gasteiger partial charge in [-0.3, -0.25) is 19.2 Å². The fourth-order valence-electron chi connectivity index (χ4n) is 5.07. The average Bonchev–Trinajstić information content (AvgIpc) is 3.34. The van der Waals surface area contributed by atoms with Gasteiger partial charge in [-0.15, -0.1) is 0 Å². The van der Waals surface area contributed by atoms with E-state index in [1.807, 2.05) is 31.2 Å². The van der Waals surface area contributed by atoms with E-state index in [1.165, 1.54) is 24.2 Å². The Hall–Kier alpha value is -4.02. The van der Waals surface area contributed by atoms with Crippen LogP contribution in [-0.4, -0.2) is 77.5 Å². The number of carbonyl (C=O) groups excluding carboxylic acids is 4. The van der Waals surface area contributed by atoms with Gasteiger partial charge in [-0.25, -0.2) is 0 Å². The van der Waals surface area contributed by atoms with E-state index in [0.717, 1.165) is 11.1 Å². The zero-order valence-corrected chi connectivity index (χ0v) is 22.0. The molecule has 2 aliphatic rings. The Morgan fingerprint density at radius 1 is 1.18 bits per heavy atom. The van der Waals surface area contributed by atoms with E-state index in [4.69, 9.17) is 9.47 Å². The number of methoxy groups -OCH3 is 1. The quantitative estimate of drug-likeness (QED) is 0.306. The first-order valence-electron chi connectivity index (χ1n) is 12.8. The molecule has 10 heteroatoms. The van der Waals surface area contributed by atoms with Crippen LogP contribution in [0.1, 0.15) is 46.3 Å². The molecule has 4 atom stereocenters. The van der Waals surface area contributed by atoms with Crippen LogP contribution in [-0.2, 0) is 20.9 Å². The first-order valence-corrected chi connectivity index (χ1v) is 12.8. The number of benzene rings is 2. The van der Waals surface area contributed by atoms with Gasteiger partial charge in [-0.1, -0.05) is 36.8 Å². The first kappa shape index (κ1) is 28.0. The van der Waals surface area contributed by atoms with Gasteiger partial charge in [0.15, 0.2) is 11.5 Å². The first-order chi connectivity index (χ1) is 18.7. The van der Waals surface area contributed by atoms with Gasteiger partial charge >= 0.3 is 0 Å². The topological polar surface area (TPSA) is 142 Å². The molecule has 39 heavy (non-hydrogen) atoms. The van der Waals surface area contributed by atoms with Gasteiger partial charge in [0, 0.05) is 36.2 Å². The molecular weight excluding hydrogens is 504 g/mol. The van der Waals surface area contributed by atoms with Gasteiger partial charge in [0.1, 0.15) is 18.5 Å². The Morgan fingerprint density at radius 3 is 2.51 bits per heavy atom. The minimum atomic E-state index is -1.33. The van der Waals surface area contributed by atoms with Gasteiger partial charge in [0.05, 0.1) is 25.7 Å². The molecule has 0 radical (unpaired) electrons. The average molecular weight is 537 g/mol. The minimum Gasteiger partial charge on any atom is -0.493 e. The zero-order valence-electron chi connectivity index (χ0n) is 22.0. The van der Waals surface area contributed by atoms with E-state index in [9.17, 15) is 29.4 Å². The van der Waals surface area contributed by atoms with Crippen molar-refractivity contribution in [2.24, 2.45) is 0 Å². The van der Waals surface area contributed by atoms with Crippen LogP contribution >= 0.6 is 0 Å². The van der Waals surface area contributed by atoms with Gasteiger partial charge in [0.2, 0.25) is 11.7 Å². The Bertz CT molecular complexity index is 1300. The highest BCUT2D eigenvalue weighted by Gasteiger charge is 2.51. The predicted octanol–water partition coefficient (Wildman–Crippen LogP) is 1.45. The van der Waals surface area contributed by atoms with Crippen molar-refractivity contribution in [2.45, 2.75) is 51.0 Å². The van der Waals surface area contributed by atoms with Gasteiger partial charge in [-0.2, -0.15) is 0 Å². The fraction of sp³-hybridized carbons (Fsp3) is 0.379. The number of aryl methyl sites for hydroxylation is 1. The number of rotatable bonds is 10. The molecular formula is C29H32N2O8. The summed E-state index contributed by atoms with van der Waals surface area (Å²) in [6.07, 6.45) is -0.261. The van der Waals surface area contributed by atoms with Crippen LogP contribution in [0.5, 0.6) is 11.5 Å². The van der Waals surface area contributed by atoms with Crippen molar-refractivity contribution >= 4 is 23.9 Å². The lowest BCUT2D eigenvalue weighted by Crippen LogP contribution is -2.56. The smallest absolute Gasteiger partial charge is 0.290 e. The number of aldehydes is 1. The molecule has 2 amide bonds. The SMILES string of the molecule is CCC(=O)C(=O)N(Cc1ccc(C)cc1)C1C=C(C(=O)NCCO)C2c3cc(C=O)cc(OC)c3OC2C1O. The Labute approximate surface area is 226 Å². The standard InChI is InChI=1S/C29H32N2O8/c1-4-22(34)29(37)31(14-17-7-5-16(2)6-8-17)21-13-20(28(36)30-9-10-32)24-19-11-18(15-33)12-23(38-3)26(19)39-27(24)25(21)35/h5-8,11-13,15,21,24-25,27,32,35H,4,9-10,14H2,1-3H3,(H,30,36). The highest BCUT2D eigenvalue weighted by molar-refractivity contribution is 6.36. The van der Waals surface area contributed by atoms with E-state index >= 15 is 0 Å².